The van der Waals surface area contributed by atoms with E-state index in [4.69, 9.17) is 9.05 Å². The number of hydrogen-bond donors (Lipinski definition) is 0. The molecule has 0 aliphatic carbocycles. The zero-order valence-corrected chi connectivity index (χ0v) is 17.2. The predicted octanol–water partition coefficient (Wildman–Crippen LogP) is 3.89. The lowest BCUT2D eigenvalue weighted by atomic mass is 9.94. The largest absolute Gasteiger partial charge is 0.361 e. The van der Waals surface area contributed by atoms with E-state index in [1.807, 2.05) is 18.7 Å². The van der Waals surface area contributed by atoms with Gasteiger partial charge in [-0.15, -0.1) is 0 Å². The van der Waals surface area contributed by atoms with Crippen LogP contribution in [0.3, 0.4) is 0 Å². The van der Waals surface area contributed by atoms with Crippen LogP contribution in [0.4, 0.5) is 4.39 Å². The van der Waals surface area contributed by atoms with E-state index in [2.05, 4.69) is 15.3 Å². The number of aryl methyl sites for hydroxylation is 2. The maximum absolute atomic E-state index is 13.9. The topological polar surface area (TPSA) is 85.3 Å². The van der Waals surface area contributed by atoms with Crippen molar-refractivity contribution >= 4 is 5.91 Å². The molecule has 1 aromatic carbocycles. The molecule has 158 valence electrons. The van der Waals surface area contributed by atoms with Crippen molar-refractivity contribution in [3.63, 3.8) is 0 Å². The molecule has 0 radical (unpaired) electrons. The number of carbonyl (C=O) groups excluding carboxylic acids is 1. The summed E-state index contributed by atoms with van der Waals surface area (Å²) in [6.45, 7) is 5.20. The van der Waals surface area contributed by atoms with Crippen LogP contribution in [0.2, 0.25) is 0 Å². The predicted molar refractivity (Wildman–Crippen MR) is 107 cm³/mol. The van der Waals surface area contributed by atoms with Crippen molar-refractivity contribution in [2.45, 2.75) is 46.0 Å². The van der Waals surface area contributed by atoms with Gasteiger partial charge in [0, 0.05) is 31.5 Å². The maximum Gasteiger partial charge on any atom is 0.227 e. The number of benzene rings is 1. The number of piperidine rings is 1. The summed E-state index contributed by atoms with van der Waals surface area (Å²) in [6, 6.07) is 6.36. The van der Waals surface area contributed by atoms with Crippen molar-refractivity contribution in [2.24, 2.45) is 5.92 Å². The summed E-state index contributed by atoms with van der Waals surface area (Å²) in [5.74, 6) is 1.51. The zero-order valence-electron chi connectivity index (χ0n) is 17.2. The number of amides is 1. The highest BCUT2D eigenvalue weighted by Crippen LogP contribution is 2.24. The van der Waals surface area contributed by atoms with Crippen LogP contribution in [0.1, 0.15) is 42.2 Å². The molecule has 1 amide bonds. The molecule has 3 heterocycles. The standard InChI is InChI=1S/C22H25FN4O3/c1-14-17(15(2)29-25-14)9-10-21(28)27-11-5-6-16(13-27)12-20-24-22(26-30-20)18-7-3-4-8-19(18)23/h3-4,7-8,16H,5-6,9-13H2,1-2H3. The number of nitrogens with zero attached hydrogens (tertiary/aromatic N) is 4. The molecular weight excluding hydrogens is 387 g/mol. The van der Waals surface area contributed by atoms with Crippen LogP contribution in [0.5, 0.6) is 0 Å². The summed E-state index contributed by atoms with van der Waals surface area (Å²) in [5, 5.41) is 7.87. The van der Waals surface area contributed by atoms with Gasteiger partial charge >= 0.3 is 0 Å². The first-order chi connectivity index (χ1) is 14.5. The van der Waals surface area contributed by atoms with Gasteiger partial charge in [-0.3, -0.25) is 4.79 Å². The molecule has 1 unspecified atom stereocenters. The van der Waals surface area contributed by atoms with Gasteiger partial charge in [0.2, 0.25) is 17.6 Å². The van der Waals surface area contributed by atoms with Gasteiger partial charge in [0.1, 0.15) is 11.6 Å². The van der Waals surface area contributed by atoms with Gasteiger partial charge in [-0.25, -0.2) is 4.39 Å². The molecule has 0 bridgehead atoms. The molecule has 0 saturated carbocycles. The molecule has 1 aliphatic heterocycles. The van der Waals surface area contributed by atoms with E-state index < -0.39 is 0 Å². The molecule has 1 atom stereocenters. The Labute approximate surface area is 174 Å². The first-order valence-corrected chi connectivity index (χ1v) is 10.3. The molecular formula is C22H25FN4O3. The summed E-state index contributed by atoms with van der Waals surface area (Å²) in [6.07, 6.45) is 3.58. The third-order valence-electron chi connectivity index (χ3n) is 5.69. The molecule has 1 fully saturated rings. The summed E-state index contributed by atoms with van der Waals surface area (Å²) in [4.78, 5) is 19.0. The van der Waals surface area contributed by atoms with Crippen molar-refractivity contribution in [1.82, 2.24) is 20.2 Å². The minimum absolute atomic E-state index is 0.136. The van der Waals surface area contributed by atoms with E-state index in [0.717, 1.165) is 36.4 Å². The van der Waals surface area contributed by atoms with Gasteiger partial charge in [-0.2, -0.15) is 4.98 Å². The van der Waals surface area contributed by atoms with Gasteiger partial charge < -0.3 is 13.9 Å². The molecule has 0 spiro atoms. The molecule has 1 aliphatic rings. The number of rotatable bonds is 6. The molecule has 1 saturated heterocycles. The van der Waals surface area contributed by atoms with Crippen molar-refractivity contribution in [2.75, 3.05) is 13.1 Å². The Kier molecular flexibility index (Phi) is 5.92. The van der Waals surface area contributed by atoms with Crippen LogP contribution in [-0.4, -0.2) is 39.2 Å². The first kappa shape index (κ1) is 20.3. The third-order valence-corrected chi connectivity index (χ3v) is 5.69. The van der Waals surface area contributed by atoms with E-state index in [9.17, 15) is 9.18 Å². The highest BCUT2D eigenvalue weighted by molar-refractivity contribution is 5.76. The Bertz CT molecular complexity index is 1010. The molecule has 4 rings (SSSR count). The van der Waals surface area contributed by atoms with Gasteiger partial charge in [-0.05, 0) is 51.2 Å². The van der Waals surface area contributed by atoms with Gasteiger partial charge in [0.05, 0.1) is 11.3 Å². The van der Waals surface area contributed by atoms with Crippen LogP contribution < -0.4 is 0 Å². The number of hydrogen-bond acceptors (Lipinski definition) is 6. The van der Waals surface area contributed by atoms with Gasteiger partial charge in [-0.1, -0.05) is 22.4 Å². The monoisotopic (exact) mass is 412 g/mol. The minimum Gasteiger partial charge on any atom is -0.361 e. The molecule has 0 N–H and O–H groups in total. The Morgan fingerprint density at radius 3 is 2.83 bits per heavy atom. The van der Waals surface area contributed by atoms with E-state index in [-0.39, 0.29) is 23.5 Å². The molecule has 8 heteroatoms. The Balaban J connectivity index is 1.34. The van der Waals surface area contributed by atoms with E-state index in [1.165, 1.54) is 6.07 Å². The number of carbonyl (C=O) groups is 1. The number of likely N-dealkylation sites (tertiary alicyclic amines) is 1. The minimum atomic E-state index is -0.377. The highest BCUT2D eigenvalue weighted by atomic mass is 19.1. The summed E-state index contributed by atoms with van der Waals surface area (Å²) in [7, 11) is 0. The van der Waals surface area contributed by atoms with Crippen LogP contribution in [0.25, 0.3) is 11.4 Å². The van der Waals surface area contributed by atoms with Gasteiger partial charge in [0.25, 0.3) is 0 Å². The lowest BCUT2D eigenvalue weighted by molar-refractivity contribution is -0.133. The second kappa shape index (κ2) is 8.77. The lowest BCUT2D eigenvalue weighted by Crippen LogP contribution is -2.40. The average Bonchev–Trinajstić information content (AvgIpc) is 3.33. The van der Waals surface area contributed by atoms with Crippen LogP contribution in [0.15, 0.2) is 33.3 Å². The van der Waals surface area contributed by atoms with Crippen LogP contribution in [-0.2, 0) is 17.6 Å². The van der Waals surface area contributed by atoms with E-state index >= 15 is 0 Å². The smallest absolute Gasteiger partial charge is 0.227 e. The maximum atomic E-state index is 13.9. The van der Waals surface area contributed by atoms with Gasteiger partial charge in [0.15, 0.2) is 0 Å². The highest BCUT2D eigenvalue weighted by Gasteiger charge is 2.26. The first-order valence-electron chi connectivity index (χ1n) is 10.3. The fourth-order valence-corrected chi connectivity index (χ4v) is 4.04. The Morgan fingerprint density at radius 2 is 2.07 bits per heavy atom. The van der Waals surface area contributed by atoms with Crippen LogP contribution in [0, 0.1) is 25.6 Å². The van der Waals surface area contributed by atoms with Crippen molar-refractivity contribution in [1.29, 1.82) is 0 Å². The number of halogens is 1. The van der Waals surface area contributed by atoms with E-state index in [1.54, 1.807) is 18.2 Å². The van der Waals surface area contributed by atoms with Crippen molar-refractivity contribution in [3.8, 4) is 11.4 Å². The summed E-state index contributed by atoms with van der Waals surface area (Å²) in [5.41, 5.74) is 2.19. The van der Waals surface area contributed by atoms with Crippen LogP contribution >= 0.6 is 0 Å². The Hall–Kier alpha value is -3.03. The molecule has 3 aromatic rings. The summed E-state index contributed by atoms with van der Waals surface area (Å²) >= 11 is 0. The van der Waals surface area contributed by atoms with Crippen molar-refractivity contribution < 1.29 is 18.2 Å². The van der Waals surface area contributed by atoms with E-state index in [0.29, 0.717) is 37.3 Å². The molecule has 2 aromatic heterocycles. The quantitative estimate of drug-likeness (QED) is 0.611. The number of aromatic nitrogens is 3. The normalized spacial score (nSPS) is 16.8. The second-order valence-electron chi connectivity index (χ2n) is 7.85. The SMILES string of the molecule is Cc1noc(C)c1CCC(=O)N1CCCC(Cc2nc(-c3ccccc3F)no2)C1. The third kappa shape index (κ3) is 4.42. The zero-order chi connectivity index (χ0) is 21.1. The Morgan fingerprint density at radius 1 is 1.23 bits per heavy atom. The molecule has 30 heavy (non-hydrogen) atoms. The fraction of sp³-hybridized carbons (Fsp3) is 0.455. The summed E-state index contributed by atoms with van der Waals surface area (Å²) < 4.78 is 24.5. The lowest BCUT2D eigenvalue weighted by Gasteiger charge is -2.32. The molecule has 7 nitrogen and oxygen atoms in total. The second-order valence-corrected chi connectivity index (χ2v) is 7.85. The van der Waals surface area contributed by atoms with Crippen molar-refractivity contribution in [3.05, 3.63) is 53.0 Å². The average molecular weight is 412 g/mol. The fourth-order valence-electron chi connectivity index (χ4n) is 4.04.